The predicted octanol–water partition coefficient (Wildman–Crippen LogP) is 0.214. The number of anilines is 2. The second-order valence-corrected chi connectivity index (χ2v) is 2.71. The van der Waals surface area contributed by atoms with Gasteiger partial charge in [-0.15, -0.1) is 0 Å². The van der Waals surface area contributed by atoms with Crippen molar-refractivity contribution in [3.63, 3.8) is 0 Å². The topological polar surface area (TPSA) is 94.0 Å². The maximum absolute atomic E-state index is 10.9. The molecule has 5 N–H and O–H groups in total. The molecule has 1 aromatic rings. The molecule has 0 spiro atoms. The molecule has 0 atom stereocenters. The highest BCUT2D eigenvalue weighted by atomic mass is 35.5. The van der Waals surface area contributed by atoms with E-state index in [4.69, 9.17) is 23.1 Å². The molecule has 0 radical (unpaired) electrons. The Bertz CT molecular complexity index is 328. The Hall–Kier alpha value is -1.33. The van der Waals surface area contributed by atoms with Crippen molar-refractivity contribution >= 4 is 29.0 Å². The fraction of sp³-hybridized carbons (Fsp3) is 0.143. The number of nitrogens with zero attached hydrogens (tertiary/aromatic N) is 1. The van der Waals surface area contributed by atoms with Crippen LogP contribution in [0, 0.1) is 0 Å². The zero-order valence-electron chi connectivity index (χ0n) is 6.75. The molecule has 1 aromatic heterocycles. The lowest BCUT2D eigenvalue weighted by Crippen LogP contribution is -2.22. The highest BCUT2D eigenvalue weighted by Crippen LogP contribution is 2.17. The molecule has 1 rings (SSSR count). The molecule has 5 nitrogen and oxygen atoms in total. The molecule has 0 aliphatic heterocycles. The van der Waals surface area contributed by atoms with Gasteiger partial charge in [0.15, 0.2) is 0 Å². The van der Waals surface area contributed by atoms with E-state index in [-0.39, 0.29) is 23.4 Å². The van der Waals surface area contributed by atoms with Crippen molar-refractivity contribution in [3.8, 4) is 0 Å². The lowest BCUT2D eigenvalue weighted by molar-refractivity contribution is -0.114. The number of hydrogen-bond acceptors (Lipinski definition) is 4. The monoisotopic (exact) mass is 200 g/mol. The molecule has 0 fully saturated rings. The van der Waals surface area contributed by atoms with Crippen LogP contribution >= 0.6 is 11.6 Å². The molecule has 0 bridgehead atoms. The summed E-state index contributed by atoms with van der Waals surface area (Å²) in [7, 11) is 0. The van der Waals surface area contributed by atoms with Crippen molar-refractivity contribution in [1.82, 2.24) is 4.98 Å². The van der Waals surface area contributed by atoms with Gasteiger partial charge in [-0.25, -0.2) is 4.98 Å². The second kappa shape index (κ2) is 4.06. The van der Waals surface area contributed by atoms with Crippen molar-refractivity contribution in [3.05, 3.63) is 17.3 Å². The third-order valence-electron chi connectivity index (χ3n) is 1.35. The fourth-order valence-corrected chi connectivity index (χ4v) is 0.911. The van der Waals surface area contributed by atoms with Gasteiger partial charge in [0, 0.05) is 0 Å². The summed E-state index contributed by atoms with van der Waals surface area (Å²) < 4.78 is 0. The third-order valence-corrected chi connectivity index (χ3v) is 1.56. The fourth-order valence-electron chi connectivity index (χ4n) is 0.757. The number of nitrogens with one attached hydrogen (secondary N) is 1. The quantitative estimate of drug-likeness (QED) is 0.595. The average molecular weight is 201 g/mol. The largest absolute Gasteiger partial charge is 0.382 e. The van der Waals surface area contributed by atoms with Crippen molar-refractivity contribution < 1.29 is 4.79 Å². The Kier molecular flexibility index (Phi) is 3.05. The average Bonchev–Trinajstić information content (AvgIpc) is 2.09. The molecule has 0 saturated carbocycles. The summed E-state index contributed by atoms with van der Waals surface area (Å²) in [5.41, 5.74) is 11.0. The van der Waals surface area contributed by atoms with Gasteiger partial charge in [-0.2, -0.15) is 0 Å². The zero-order valence-corrected chi connectivity index (χ0v) is 7.51. The summed E-state index contributed by atoms with van der Waals surface area (Å²) in [6.45, 7) is -0.0952. The second-order valence-electron chi connectivity index (χ2n) is 2.32. The van der Waals surface area contributed by atoms with E-state index < -0.39 is 0 Å². The number of pyridine rings is 1. The van der Waals surface area contributed by atoms with Gasteiger partial charge < -0.3 is 16.8 Å². The summed E-state index contributed by atoms with van der Waals surface area (Å²) in [4.78, 5) is 14.6. The van der Waals surface area contributed by atoms with E-state index >= 15 is 0 Å². The molecule has 6 heteroatoms. The SMILES string of the molecule is NCC(=O)Nc1ccc(Cl)nc1N. The van der Waals surface area contributed by atoms with Gasteiger partial charge in [0.2, 0.25) is 5.91 Å². The number of amides is 1. The maximum Gasteiger partial charge on any atom is 0.238 e. The smallest absolute Gasteiger partial charge is 0.238 e. The van der Waals surface area contributed by atoms with Crippen molar-refractivity contribution in [2.24, 2.45) is 5.73 Å². The summed E-state index contributed by atoms with van der Waals surface area (Å²) in [6.07, 6.45) is 0. The molecule has 0 aliphatic rings. The van der Waals surface area contributed by atoms with E-state index in [9.17, 15) is 4.79 Å². The lowest BCUT2D eigenvalue weighted by Gasteiger charge is -2.05. The number of nitrogen functional groups attached to an aromatic ring is 1. The van der Waals surface area contributed by atoms with Crippen molar-refractivity contribution in [2.45, 2.75) is 0 Å². The number of carbonyl (C=O) groups excluding carboxylic acids is 1. The van der Waals surface area contributed by atoms with Gasteiger partial charge in [0.05, 0.1) is 12.2 Å². The summed E-state index contributed by atoms with van der Waals surface area (Å²) in [6, 6.07) is 3.10. The van der Waals surface area contributed by atoms with E-state index in [1.165, 1.54) is 6.07 Å². The van der Waals surface area contributed by atoms with Gasteiger partial charge in [-0.05, 0) is 12.1 Å². The van der Waals surface area contributed by atoms with Crippen LogP contribution in [0.15, 0.2) is 12.1 Å². The van der Waals surface area contributed by atoms with Crippen LogP contribution in [-0.4, -0.2) is 17.4 Å². The van der Waals surface area contributed by atoms with Gasteiger partial charge in [-0.1, -0.05) is 11.6 Å². The summed E-state index contributed by atoms with van der Waals surface area (Å²) in [5, 5.41) is 2.76. The summed E-state index contributed by atoms with van der Waals surface area (Å²) in [5.74, 6) is -0.148. The van der Waals surface area contributed by atoms with Crippen molar-refractivity contribution in [1.29, 1.82) is 0 Å². The van der Waals surface area contributed by atoms with Crippen LogP contribution in [0.4, 0.5) is 11.5 Å². The minimum atomic E-state index is -0.323. The molecule has 0 saturated heterocycles. The van der Waals surface area contributed by atoms with Gasteiger partial charge in [-0.3, -0.25) is 4.79 Å². The highest BCUT2D eigenvalue weighted by molar-refractivity contribution is 6.29. The Balaban J connectivity index is 2.83. The molecule has 0 aliphatic carbocycles. The standard InChI is InChI=1S/C7H9ClN4O/c8-5-2-1-4(7(10)12-5)11-6(13)3-9/h1-2H,3,9H2,(H2,10,12)(H,11,13). The van der Waals surface area contributed by atoms with Gasteiger partial charge in [0.25, 0.3) is 0 Å². The first kappa shape index (κ1) is 9.76. The van der Waals surface area contributed by atoms with Crippen molar-refractivity contribution in [2.75, 3.05) is 17.6 Å². The molecule has 0 aromatic carbocycles. The molecule has 1 amide bonds. The van der Waals surface area contributed by atoms with Crippen LogP contribution in [0.25, 0.3) is 0 Å². The summed E-state index contributed by atoms with van der Waals surface area (Å²) >= 11 is 5.56. The third kappa shape index (κ3) is 2.57. The Morgan fingerprint density at radius 2 is 2.31 bits per heavy atom. The van der Waals surface area contributed by atoms with Crippen LogP contribution < -0.4 is 16.8 Å². The predicted molar refractivity (Wildman–Crippen MR) is 51.3 cm³/mol. The van der Waals surface area contributed by atoms with Gasteiger partial charge >= 0.3 is 0 Å². The first-order chi connectivity index (χ1) is 6.13. The van der Waals surface area contributed by atoms with Crippen LogP contribution in [0.5, 0.6) is 0 Å². The van der Waals surface area contributed by atoms with E-state index in [0.717, 1.165) is 0 Å². The first-order valence-electron chi connectivity index (χ1n) is 3.55. The van der Waals surface area contributed by atoms with Crippen LogP contribution in [0.2, 0.25) is 5.15 Å². The molecular weight excluding hydrogens is 192 g/mol. The number of rotatable bonds is 2. The molecule has 13 heavy (non-hydrogen) atoms. The number of halogens is 1. The van der Waals surface area contributed by atoms with Crippen LogP contribution in [-0.2, 0) is 4.79 Å². The Labute approximate surface area is 80.1 Å². The zero-order chi connectivity index (χ0) is 9.84. The van der Waals surface area contributed by atoms with Gasteiger partial charge in [0.1, 0.15) is 11.0 Å². The normalized spacial score (nSPS) is 9.69. The minimum Gasteiger partial charge on any atom is -0.382 e. The Morgan fingerprint density at radius 1 is 1.62 bits per heavy atom. The first-order valence-corrected chi connectivity index (χ1v) is 3.93. The van der Waals surface area contributed by atoms with Crippen LogP contribution in [0.3, 0.4) is 0 Å². The van der Waals surface area contributed by atoms with E-state index in [2.05, 4.69) is 10.3 Å². The molecular formula is C7H9ClN4O. The van der Waals surface area contributed by atoms with E-state index in [0.29, 0.717) is 5.69 Å². The maximum atomic E-state index is 10.9. The molecule has 1 heterocycles. The number of carbonyl (C=O) groups is 1. The molecule has 70 valence electrons. The van der Waals surface area contributed by atoms with E-state index in [1.54, 1.807) is 6.07 Å². The minimum absolute atomic E-state index is 0.0952. The van der Waals surface area contributed by atoms with Crippen LogP contribution in [0.1, 0.15) is 0 Å². The molecule has 0 unspecified atom stereocenters. The number of aromatic nitrogens is 1. The lowest BCUT2D eigenvalue weighted by atomic mass is 10.4. The number of nitrogens with two attached hydrogens (primary N) is 2. The highest BCUT2D eigenvalue weighted by Gasteiger charge is 2.04. The van der Waals surface area contributed by atoms with E-state index in [1.807, 2.05) is 0 Å². The number of hydrogen-bond donors (Lipinski definition) is 3. The Morgan fingerprint density at radius 3 is 2.85 bits per heavy atom.